The molecule has 1 nitrogen and oxygen atoms in total. The molecule has 3 heteroatoms. The third kappa shape index (κ3) is 1.93. The maximum atomic E-state index is 3.20. The summed E-state index contributed by atoms with van der Waals surface area (Å²) in [4.78, 5) is 0. The molecule has 1 aliphatic rings. The van der Waals surface area contributed by atoms with Crippen LogP contribution in [0.5, 0.6) is 0 Å². The lowest BCUT2D eigenvalue weighted by Gasteiger charge is -2.07. The van der Waals surface area contributed by atoms with Crippen LogP contribution in [0.4, 0.5) is 0 Å². The summed E-state index contributed by atoms with van der Waals surface area (Å²) < 4.78 is 2.59. The van der Waals surface area contributed by atoms with Crippen molar-refractivity contribution in [3.05, 3.63) is 19.4 Å². The van der Waals surface area contributed by atoms with E-state index >= 15 is 0 Å². The molecule has 0 aromatic heterocycles. The molecule has 8 heavy (non-hydrogen) atoms. The molecule has 44 valence electrons. The Kier molecular flexibility index (Phi) is 2.61. The molecule has 0 amide bonds. The van der Waals surface area contributed by atoms with Crippen molar-refractivity contribution in [3.63, 3.8) is 0 Å². The quantitative estimate of drug-likeness (QED) is 0.529. The zero-order valence-electron chi connectivity index (χ0n) is 4.12. The van der Waals surface area contributed by atoms with E-state index in [1.807, 2.05) is 0 Å². The molecule has 1 heterocycles. The Morgan fingerprint density at radius 2 is 2.12 bits per heavy atom. The van der Waals surface area contributed by atoms with E-state index in [9.17, 15) is 0 Å². The standard InChI is InChI=1S/C5H5I2N/c6-4-1-2-5(7)8-3-4/h1-2,8H,3H2. The fourth-order valence-electron chi connectivity index (χ4n) is 0.450. The van der Waals surface area contributed by atoms with Gasteiger partial charge in [0.1, 0.15) is 0 Å². The molecule has 0 atom stereocenters. The molecule has 0 saturated carbocycles. The Morgan fingerprint density at radius 1 is 1.38 bits per heavy atom. The molecule has 0 aromatic rings. The van der Waals surface area contributed by atoms with Crippen LogP contribution in [0.25, 0.3) is 0 Å². The van der Waals surface area contributed by atoms with Gasteiger partial charge >= 0.3 is 0 Å². The topological polar surface area (TPSA) is 12.0 Å². The van der Waals surface area contributed by atoms with Gasteiger partial charge in [-0.1, -0.05) is 0 Å². The van der Waals surface area contributed by atoms with Crippen LogP contribution in [-0.4, -0.2) is 6.54 Å². The van der Waals surface area contributed by atoms with Crippen molar-refractivity contribution in [2.45, 2.75) is 0 Å². The number of hydrogen-bond acceptors (Lipinski definition) is 1. The maximum Gasteiger partial charge on any atom is 0.0734 e. The first-order valence-electron chi connectivity index (χ1n) is 2.25. The van der Waals surface area contributed by atoms with Gasteiger partial charge in [-0.05, 0) is 57.3 Å². The van der Waals surface area contributed by atoms with Gasteiger partial charge in [-0.15, -0.1) is 0 Å². The van der Waals surface area contributed by atoms with Crippen LogP contribution in [0.3, 0.4) is 0 Å². The van der Waals surface area contributed by atoms with Gasteiger partial charge in [0.2, 0.25) is 0 Å². The molecule has 1 rings (SSSR count). The Balaban J connectivity index is 2.65. The van der Waals surface area contributed by atoms with Gasteiger partial charge < -0.3 is 5.32 Å². The number of rotatable bonds is 0. The first-order valence-corrected chi connectivity index (χ1v) is 4.40. The molecule has 0 unspecified atom stereocenters. The van der Waals surface area contributed by atoms with E-state index in [4.69, 9.17) is 0 Å². The van der Waals surface area contributed by atoms with E-state index in [0.29, 0.717) is 0 Å². The summed E-state index contributed by atoms with van der Waals surface area (Å²) >= 11 is 4.59. The highest BCUT2D eigenvalue weighted by Gasteiger charge is 1.96. The van der Waals surface area contributed by atoms with Crippen molar-refractivity contribution in [3.8, 4) is 0 Å². The number of hydrogen-bond donors (Lipinski definition) is 1. The van der Waals surface area contributed by atoms with E-state index in [0.717, 1.165) is 6.54 Å². The summed E-state index contributed by atoms with van der Waals surface area (Å²) in [5.41, 5.74) is 0. The van der Waals surface area contributed by atoms with Crippen molar-refractivity contribution in [1.29, 1.82) is 0 Å². The second-order valence-electron chi connectivity index (χ2n) is 1.48. The van der Waals surface area contributed by atoms with E-state index in [2.05, 4.69) is 62.7 Å². The summed E-state index contributed by atoms with van der Waals surface area (Å²) in [6.07, 6.45) is 4.20. The molecule has 0 spiro atoms. The molecular formula is C5H5I2N. The van der Waals surface area contributed by atoms with Crippen molar-refractivity contribution >= 4 is 45.2 Å². The van der Waals surface area contributed by atoms with Gasteiger partial charge in [0.15, 0.2) is 0 Å². The van der Waals surface area contributed by atoms with Crippen LogP contribution in [0.2, 0.25) is 0 Å². The molecule has 0 fully saturated rings. The van der Waals surface area contributed by atoms with Crippen molar-refractivity contribution in [1.82, 2.24) is 5.32 Å². The largest absolute Gasteiger partial charge is 0.376 e. The first kappa shape index (κ1) is 6.85. The number of dihydropyridines is 1. The monoisotopic (exact) mass is 333 g/mol. The van der Waals surface area contributed by atoms with Crippen LogP contribution < -0.4 is 5.32 Å². The lowest BCUT2D eigenvalue weighted by Crippen LogP contribution is -2.13. The van der Waals surface area contributed by atoms with Crippen molar-refractivity contribution in [2.24, 2.45) is 0 Å². The molecular weight excluding hydrogens is 328 g/mol. The Hall–Kier alpha value is 0.740. The molecule has 0 radical (unpaired) electrons. The van der Waals surface area contributed by atoms with Gasteiger partial charge in [0, 0.05) is 10.1 Å². The average molecular weight is 333 g/mol. The summed E-state index contributed by atoms with van der Waals surface area (Å²) in [7, 11) is 0. The van der Waals surface area contributed by atoms with Gasteiger partial charge in [0.05, 0.1) is 3.70 Å². The summed E-state index contributed by atoms with van der Waals surface area (Å²) in [6.45, 7) is 0.995. The highest BCUT2D eigenvalue weighted by atomic mass is 127. The Morgan fingerprint density at radius 3 is 2.50 bits per heavy atom. The fraction of sp³-hybridized carbons (Fsp3) is 0.200. The SMILES string of the molecule is IC1=CC=C(I)NC1. The van der Waals surface area contributed by atoms with Crippen molar-refractivity contribution in [2.75, 3.05) is 6.54 Å². The van der Waals surface area contributed by atoms with E-state index in [1.54, 1.807) is 0 Å². The van der Waals surface area contributed by atoms with Crippen LogP contribution >= 0.6 is 45.2 Å². The van der Waals surface area contributed by atoms with E-state index < -0.39 is 0 Å². The number of nitrogens with one attached hydrogen (secondary N) is 1. The molecule has 1 aliphatic heterocycles. The Labute approximate surface area is 75.9 Å². The second kappa shape index (κ2) is 3.05. The predicted molar refractivity (Wildman–Crippen MR) is 52.2 cm³/mol. The van der Waals surface area contributed by atoms with Crippen LogP contribution in [0.1, 0.15) is 0 Å². The minimum atomic E-state index is 0.995. The summed E-state index contributed by atoms with van der Waals surface area (Å²) in [6, 6.07) is 0. The average Bonchev–Trinajstić information content (AvgIpc) is 1.77. The normalized spacial score (nSPS) is 18.8. The van der Waals surface area contributed by atoms with Gasteiger partial charge in [0.25, 0.3) is 0 Å². The van der Waals surface area contributed by atoms with Gasteiger partial charge in [-0.25, -0.2) is 0 Å². The lowest BCUT2D eigenvalue weighted by molar-refractivity contribution is 0.959. The van der Waals surface area contributed by atoms with Gasteiger partial charge in [-0.2, -0.15) is 0 Å². The first-order chi connectivity index (χ1) is 3.79. The van der Waals surface area contributed by atoms with Crippen molar-refractivity contribution < 1.29 is 0 Å². The third-order valence-corrected chi connectivity index (χ3v) is 2.32. The number of allylic oxidation sites excluding steroid dienone is 2. The molecule has 1 N–H and O–H groups in total. The van der Waals surface area contributed by atoms with Crippen LogP contribution in [-0.2, 0) is 0 Å². The third-order valence-electron chi connectivity index (χ3n) is 0.837. The smallest absolute Gasteiger partial charge is 0.0734 e. The van der Waals surface area contributed by atoms with Crippen LogP contribution in [0, 0.1) is 0 Å². The Bertz CT molecular complexity index is 131. The minimum absolute atomic E-state index is 0.995. The molecule has 0 aliphatic carbocycles. The predicted octanol–water partition coefficient (Wildman–Crippen LogP) is 2.18. The summed E-state index contributed by atoms with van der Waals surface area (Å²) in [5.74, 6) is 0. The van der Waals surface area contributed by atoms with Gasteiger partial charge in [-0.3, -0.25) is 0 Å². The highest BCUT2D eigenvalue weighted by molar-refractivity contribution is 14.1. The van der Waals surface area contributed by atoms with E-state index in [-0.39, 0.29) is 0 Å². The highest BCUT2D eigenvalue weighted by Crippen LogP contribution is 2.13. The zero-order chi connectivity index (χ0) is 5.98. The van der Waals surface area contributed by atoms with E-state index in [1.165, 1.54) is 7.28 Å². The zero-order valence-corrected chi connectivity index (χ0v) is 8.43. The minimum Gasteiger partial charge on any atom is -0.376 e. The maximum absolute atomic E-state index is 3.20. The second-order valence-corrected chi connectivity index (χ2v) is 4.03. The molecule has 0 saturated heterocycles. The molecule has 0 bridgehead atoms. The number of halogens is 2. The fourth-order valence-corrected chi connectivity index (χ4v) is 1.19. The molecule has 0 aromatic carbocycles. The lowest BCUT2D eigenvalue weighted by atomic mass is 10.4. The van der Waals surface area contributed by atoms with Crippen LogP contribution in [0.15, 0.2) is 19.4 Å². The summed E-state index contributed by atoms with van der Waals surface area (Å²) in [5, 5.41) is 3.20.